The standard InChI is InChI=1S/C13H14F3N3O2S/c1-8-5-9(2)19-11(10(8)6-17)22-4-3-18-12(20)21-7-13(14,15)16/h5H,3-4,7H2,1-2H3,(H,18,20). The van der Waals surface area contributed by atoms with Crippen molar-refractivity contribution in [1.29, 1.82) is 5.26 Å². The minimum Gasteiger partial charge on any atom is -0.440 e. The van der Waals surface area contributed by atoms with E-state index in [4.69, 9.17) is 5.26 Å². The van der Waals surface area contributed by atoms with Crippen molar-refractivity contribution in [3.63, 3.8) is 0 Å². The Labute approximate surface area is 129 Å². The molecule has 5 nitrogen and oxygen atoms in total. The van der Waals surface area contributed by atoms with Crippen LogP contribution in [0.1, 0.15) is 16.8 Å². The number of amides is 1. The molecule has 1 amide bonds. The number of carbonyl (C=O) groups excluding carboxylic acids is 1. The van der Waals surface area contributed by atoms with E-state index in [2.05, 4.69) is 21.1 Å². The smallest absolute Gasteiger partial charge is 0.422 e. The minimum atomic E-state index is -4.54. The van der Waals surface area contributed by atoms with Crippen molar-refractivity contribution < 1.29 is 22.7 Å². The molecule has 0 aliphatic carbocycles. The maximum absolute atomic E-state index is 11.8. The second-order valence-electron chi connectivity index (χ2n) is 4.34. The number of ether oxygens (including phenoxy) is 1. The number of nitriles is 1. The summed E-state index contributed by atoms with van der Waals surface area (Å²) in [7, 11) is 0. The van der Waals surface area contributed by atoms with Gasteiger partial charge in [0, 0.05) is 18.0 Å². The van der Waals surface area contributed by atoms with Crippen LogP contribution < -0.4 is 5.32 Å². The lowest BCUT2D eigenvalue weighted by atomic mass is 10.1. The summed E-state index contributed by atoms with van der Waals surface area (Å²) >= 11 is 1.24. The zero-order valence-electron chi connectivity index (χ0n) is 12.0. The molecule has 0 aliphatic rings. The highest BCUT2D eigenvalue weighted by molar-refractivity contribution is 7.99. The fraction of sp³-hybridized carbons (Fsp3) is 0.462. The number of aryl methyl sites for hydroxylation is 2. The first-order valence-corrected chi connectivity index (χ1v) is 7.20. The van der Waals surface area contributed by atoms with E-state index in [0.29, 0.717) is 16.3 Å². The lowest BCUT2D eigenvalue weighted by molar-refractivity contribution is -0.160. The average Bonchev–Trinajstić information content (AvgIpc) is 2.40. The van der Waals surface area contributed by atoms with Crippen LogP contribution in [0.4, 0.5) is 18.0 Å². The largest absolute Gasteiger partial charge is 0.440 e. The zero-order chi connectivity index (χ0) is 16.8. The predicted molar refractivity (Wildman–Crippen MR) is 74.6 cm³/mol. The first-order chi connectivity index (χ1) is 10.2. The molecular weight excluding hydrogens is 319 g/mol. The maximum atomic E-state index is 11.8. The van der Waals surface area contributed by atoms with Crippen LogP contribution in [0, 0.1) is 25.2 Å². The summed E-state index contributed by atoms with van der Waals surface area (Å²) in [5.41, 5.74) is 2.02. The van der Waals surface area contributed by atoms with Crippen LogP contribution in [-0.2, 0) is 4.74 Å². The van der Waals surface area contributed by atoms with Crippen LogP contribution in [0.15, 0.2) is 11.1 Å². The Kier molecular flexibility index (Phi) is 6.49. The van der Waals surface area contributed by atoms with Gasteiger partial charge in [0.05, 0.1) is 5.56 Å². The van der Waals surface area contributed by atoms with Gasteiger partial charge in [-0.1, -0.05) is 0 Å². The lowest BCUT2D eigenvalue weighted by Crippen LogP contribution is -2.30. The van der Waals surface area contributed by atoms with Crippen LogP contribution in [0.5, 0.6) is 0 Å². The lowest BCUT2D eigenvalue weighted by Gasteiger charge is -2.09. The third kappa shape index (κ3) is 6.22. The summed E-state index contributed by atoms with van der Waals surface area (Å²) in [5, 5.41) is 11.8. The summed E-state index contributed by atoms with van der Waals surface area (Å²) in [5.74, 6) is 0.353. The van der Waals surface area contributed by atoms with E-state index in [9.17, 15) is 18.0 Å². The molecule has 0 atom stereocenters. The Bertz CT molecular complexity index is 585. The number of carbonyl (C=O) groups is 1. The Hall–Kier alpha value is -1.95. The second kappa shape index (κ2) is 7.89. The fourth-order valence-electron chi connectivity index (χ4n) is 1.54. The van der Waals surface area contributed by atoms with E-state index in [0.717, 1.165) is 11.3 Å². The summed E-state index contributed by atoms with van der Waals surface area (Å²) < 4.78 is 39.5. The first kappa shape index (κ1) is 18.1. The first-order valence-electron chi connectivity index (χ1n) is 6.21. The molecule has 1 aromatic heterocycles. The quantitative estimate of drug-likeness (QED) is 0.662. The van der Waals surface area contributed by atoms with E-state index in [1.807, 2.05) is 0 Å². The van der Waals surface area contributed by atoms with E-state index < -0.39 is 18.9 Å². The van der Waals surface area contributed by atoms with Crippen molar-refractivity contribution in [3.8, 4) is 6.07 Å². The van der Waals surface area contributed by atoms with Crippen molar-refractivity contribution in [2.75, 3.05) is 18.9 Å². The highest BCUT2D eigenvalue weighted by Crippen LogP contribution is 2.23. The van der Waals surface area contributed by atoms with Crippen LogP contribution >= 0.6 is 11.8 Å². The summed E-state index contributed by atoms with van der Waals surface area (Å²) in [6.45, 7) is 2.07. The van der Waals surface area contributed by atoms with Crippen LogP contribution in [0.2, 0.25) is 0 Å². The van der Waals surface area contributed by atoms with Gasteiger partial charge >= 0.3 is 12.3 Å². The summed E-state index contributed by atoms with van der Waals surface area (Å²) in [6, 6.07) is 3.84. The molecule has 1 heterocycles. The Morgan fingerprint density at radius 2 is 2.18 bits per heavy atom. The zero-order valence-corrected chi connectivity index (χ0v) is 12.8. The van der Waals surface area contributed by atoms with Gasteiger partial charge in [-0.3, -0.25) is 0 Å². The van der Waals surface area contributed by atoms with Crippen molar-refractivity contribution in [2.45, 2.75) is 25.0 Å². The molecule has 9 heteroatoms. The van der Waals surface area contributed by atoms with Gasteiger partial charge in [-0.25, -0.2) is 9.78 Å². The van der Waals surface area contributed by atoms with E-state index >= 15 is 0 Å². The molecule has 1 rings (SSSR count). The van der Waals surface area contributed by atoms with Gasteiger partial charge in [-0.05, 0) is 25.5 Å². The normalized spacial score (nSPS) is 10.9. The van der Waals surface area contributed by atoms with Gasteiger partial charge in [-0.15, -0.1) is 11.8 Å². The predicted octanol–water partition coefficient (Wildman–Crippen LogP) is 2.95. The average molecular weight is 333 g/mol. The molecule has 0 saturated carbocycles. The number of hydrogen-bond acceptors (Lipinski definition) is 5. The van der Waals surface area contributed by atoms with Gasteiger partial charge in [-0.2, -0.15) is 18.4 Å². The maximum Gasteiger partial charge on any atom is 0.422 e. The Balaban J connectivity index is 2.43. The highest BCUT2D eigenvalue weighted by Gasteiger charge is 2.29. The van der Waals surface area contributed by atoms with Gasteiger partial charge in [0.25, 0.3) is 0 Å². The highest BCUT2D eigenvalue weighted by atomic mass is 32.2. The van der Waals surface area contributed by atoms with Crippen molar-refractivity contribution in [1.82, 2.24) is 10.3 Å². The number of aromatic nitrogens is 1. The minimum absolute atomic E-state index is 0.0981. The molecule has 0 spiro atoms. The molecule has 1 aromatic rings. The van der Waals surface area contributed by atoms with Gasteiger partial charge in [0.1, 0.15) is 11.1 Å². The topological polar surface area (TPSA) is 75.0 Å². The van der Waals surface area contributed by atoms with Crippen LogP contribution in [-0.4, -0.2) is 36.2 Å². The Morgan fingerprint density at radius 3 is 2.77 bits per heavy atom. The van der Waals surface area contributed by atoms with E-state index in [1.165, 1.54) is 11.8 Å². The molecule has 22 heavy (non-hydrogen) atoms. The second-order valence-corrected chi connectivity index (χ2v) is 5.42. The number of nitrogens with one attached hydrogen (secondary N) is 1. The SMILES string of the molecule is Cc1cc(C)c(C#N)c(SCCNC(=O)OCC(F)(F)F)n1. The molecule has 0 saturated heterocycles. The summed E-state index contributed by atoms with van der Waals surface area (Å²) in [4.78, 5) is 15.3. The molecule has 0 unspecified atom stereocenters. The van der Waals surface area contributed by atoms with E-state index in [-0.39, 0.29) is 6.54 Å². The molecule has 120 valence electrons. The van der Waals surface area contributed by atoms with Gasteiger partial charge < -0.3 is 10.1 Å². The fourth-order valence-corrected chi connectivity index (χ4v) is 2.50. The van der Waals surface area contributed by atoms with Crippen LogP contribution in [0.25, 0.3) is 0 Å². The van der Waals surface area contributed by atoms with Crippen molar-refractivity contribution >= 4 is 17.9 Å². The molecule has 0 fully saturated rings. The van der Waals surface area contributed by atoms with Crippen molar-refractivity contribution in [3.05, 3.63) is 22.9 Å². The molecule has 1 N–H and O–H groups in total. The number of rotatable bonds is 5. The van der Waals surface area contributed by atoms with Gasteiger partial charge in [0.2, 0.25) is 0 Å². The molecule has 0 bridgehead atoms. The number of thioether (sulfide) groups is 1. The molecular formula is C13H14F3N3O2S. The number of alkyl carbamates (subject to hydrolysis) is 1. The number of pyridine rings is 1. The molecule has 0 aliphatic heterocycles. The van der Waals surface area contributed by atoms with Crippen molar-refractivity contribution in [2.24, 2.45) is 0 Å². The number of halogens is 3. The Morgan fingerprint density at radius 1 is 1.50 bits per heavy atom. The van der Waals surface area contributed by atoms with E-state index in [1.54, 1.807) is 19.9 Å². The third-order valence-corrected chi connectivity index (χ3v) is 3.38. The summed E-state index contributed by atoms with van der Waals surface area (Å²) in [6.07, 6.45) is -5.68. The third-order valence-electron chi connectivity index (χ3n) is 2.40. The molecule has 0 aromatic carbocycles. The number of hydrogen-bond donors (Lipinski definition) is 1. The monoisotopic (exact) mass is 333 g/mol. The van der Waals surface area contributed by atoms with Crippen LogP contribution in [0.3, 0.4) is 0 Å². The number of alkyl halides is 3. The van der Waals surface area contributed by atoms with Gasteiger partial charge in [0.15, 0.2) is 6.61 Å². The molecule has 0 radical (unpaired) electrons. The number of nitrogens with zero attached hydrogens (tertiary/aromatic N) is 2.